The van der Waals surface area contributed by atoms with Crippen molar-refractivity contribution in [3.63, 3.8) is 0 Å². The van der Waals surface area contributed by atoms with Crippen LogP contribution < -0.4 is 5.32 Å². The molecule has 0 amide bonds. The number of hydrogen-bond acceptors (Lipinski definition) is 3. The van der Waals surface area contributed by atoms with Crippen LogP contribution in [0.1, 0.15) is 58.8 Å². The van der Waals surface area contributed by atoms with Crippen LogP contribution in [-0.4, -0.2) is 30.6 Å². The quantitative estimate of drug-likeness (QED) is 0.778. The summed E-state index contributed by atoms with van der Waals surface area (Å²) in [6.45, 7) is 16.5. The van der Waals surface area contributed by atoms with Crippen molar-refractivity contribution in [2.45, 2.75) is 66.5 Å². The lowest BCUT2D eigenvalue weighted by molar-refractivity contribution is 0.157. The van der Waals surface area contributed by atoms with Crippen LogP contribution in [0.25, 0.3) is 0 Å². The van der Waals surface area contributed by atoms with Crippen molar-refractivity contribution >= 4 is 0 Å². The van der Waals surface area contributed by atoms with Crippen molar-refractivity contribution in [3.8, 4) is 0 Å². The van der Waals surface area contributed by atoms with Gasteiger partial charge in [-0.2, -0.15) is 0 Å². The van der Waals surface area contributed by atoms with Gasteiger partial charge in [0, 0.05) is 30.7 Å². The minimum atomic E-state index is 0.175. The summed E-state index contributed by atoms with van der Waals surface area (Å²) >= 11 is 0. The largest absolute Gasteiger partial charge is 0.469 e. The van der Waals surface area contributed by atoms with Crippen LogP contribution in [0.3, 0.4) is 0 Å². The average molecular weight is 294 g/mol. The molecule has 0 saturated carbocycles. The molecular formula is C18H34N2O. The molecule has 1 aromatic rings. The van der Waals surface area contributed by atoms with Gasteiger partial charge in [-0.25, -0.2) is 0 Å². The maximum atomic E-state index is 5.40. The first-order chi connectivity index (χ1) is 9.65. The second kappa shape index (κ2) is 7.46. The van der Waals surface area contributed by atoms with E-state index < -0.39 is 0 Å². The van der Waals surface area contributed by atoms with Crippen molar-refractivity contribution < 1.29 is 4.42 Å². The number of rotatable bonds is 8. The van der Waals surface area contributed by atoms with Crippen LogP contribution in [0, 0.1) is 12.3 Å². The number of nitrogens with one attached hydrogen (secondary N) is 1. The summed E-state index contributed by atoms with van der Waals surface area (Å²) in [4.78, 5) is 2.41. The van der Waals surface area contributed by atoms with E-state index in [9.17, 15) is 0 Å². The fourth-order valence-corrected chi connectivity index (χ4v) is 2.88. The van der Waals surface area contributed by atoms with E-state index in [1.165, 1.54) is 18.4 Å². The minimum Gasteiger partial charge on any atom is -0.469 e. The maximum Gasteiger partial charge on any atom is 0.105 e. The second-order valence-electron chi connectivity index (χ2n) is 7.84. The van der Waals surface area contributed by atoms with Crippen LogP contribution in [0.5, 0.6) is 0 Å². The van der Waals surface area contributed by atoms with Crippen molar-refractivity contribution in [1.29, 1.82) is 0 Å². The van der Waals surface area contributed by atoms with Crippen LogP contribution in [0.4, 0.5) is 0 Å². The predicted octanol–water partition coefficient (Wildman–Crippen LogP) is 4.21. The Labute approximate surface area is 131 Å². The monoisotopic (exact) mass is 294 g/mol. The molecule has 0 aliphatic heterocycles. The molecule has 1 N–H and O–H groups in total. The first kappa shape index (κ1) is 18.2. The standard InChI is InChI=1S/C18H34N2O/c1-8-10-18(6,13-19-17(3,4)5)14-20(7)12-16-9-11-21-15(16)2/h9,11,19H,8,10,12-14H2,1-7H3. The van der Waals surface area contributed by atoms with Crippen LogP contribution in [0.15, 0.2) is 16.7 Å². The molecule has 0 saturated heterocycles. The molecular weight excluding hydrogens is 260 g/mol. The van der Waals surface area contributed by atoms with Crippen LogP contribution in [0.2, 0.25) is 0 Å². The molecule has 1 rings (SSSR count). The van der Waals surface area contributed by atoms with Crippen LogP contribution in [-0.2, 0) is 6.54 Å². The predicted molar refractivity (Wildman–Crippen MR) is 90.5 cm³/mol. The van der Waals surface area contributed by atoms with Crippen molar-refractivity contribution in [3.05, 3.63) is 23.7 Å². The SMILES string of the molecule is CCCC(C)(CNC(C)(C)C)CN(C)Cc1ccoc1C. The van der Waals surface area contributed by atoms with E-state index >= 15 is 0 Å². The number of furan rings is 1. The van der Waals surface area contributed by atoms with E-state index in [0.29, 0.717) is 5.41 Å². The Bertz CT molecular complexity index is 419. The topological polar surface area (TPSA) is 28.4 Å². The highest BCUT2D eigenvalue weighted by Gasteiger charge is 2.27. The highest BCUT2D eigenvalue weighted by Crippen LogP contribution is 2.25. The summed E-state index contributed by atoms with van der Waals surface area (Å²) in [5.74, 6) is 1.03. The van der Waals surface area contributed by atoms with E-state index in [1.807, 2.05) is 6.92 Å². The molecule has 1 aromatic heterocycles. The molecule has 0 radical (unpaired) electrons. The summed E-state index contributed by atoms with van der Waals surface area (Å²) in [5.41, 5.74) is 1.77. The van der Waals surface area contributed by atoms with Gasteiger partial charge in [-0.05, 0) is 52.6 Å². The highest BCUT2D eigenvalue weighted by atomic mass is 16.3. The van der Waals surface area contributed by atoms with Gasteiger partial charge in [0.15, 0.2) is 0 Å². The summed E-state index contributed by atoms with van der Waals surface area (Å²) in [7, 11) is 2.21. The van der Waals surface area contributed by atoms with Gasteiger partial charge in [-0.3, -0.25) is 0 Å². The Kier molecular flexibility index (Phi) is 6.48. The fraction of sp³-hybridized carbons (Fsp3) is 0.778. The molecule has 0 aliphatic carbocycles. The molecule has 3 nitrogen and oxygen atoms in total. The van der Waals surface area contributed by atoms with Gasteiger partial charge in [0.05, 0.1) is 6.26 Å². The molecule has 3 heteroatoms. The van der Waals surface area contributed by atoms with Gasteiger partial charge in [0.2, 0.25) is 0 Å². The molecule has 0 aliphatic rings. The van der Waals surface area contributed by atoms with Gasteiger partial charge in [-0.15, -0.1) is 0 Å². The third-order valence-corrected chi connectivity index (χ3v) is 3.96. The first-order valence-electron chi connectivity index (χ1n) is 8.12. The summed E-state index contributed by atoms with van der Waals surface area (Å²) < 4.78 is 5.40. The van der Waals surface area contributed by atoms with Crippen molar-refractivity contribution in [1.82, 2.24) is 10.2 Å². The minimum absolute atomic E-state index is 0.175. The van der Waals surface area contributed by atoms with Gasteiger partial charge in [0.25, 0.3) is 0 Å². The average Bonchev–Trinajstić information content (AvgIpc) is 2.72. The Hall–Kier alpha value is -0.800. The van der Waals surface area contributed by atoms with Gasteiger partial charge < -0.3 is 14.6 Å². The maximum absolute atomic E-state index is 5.40. The Morgan fingerprint density at radius 2 is 1.90 bits per heavy atom. The fourth-order valence-electron chi connectivity index (χ4n) is 2.88. The van der Waals surface area contributed by atoms with Gasteiger partial charge in [-0.1, -0.05) is 20.3 Å². The van der Waals surface area contributed by atoms with E-state index in [1.54, 1.807) is 6.26 Å². The Morgan fingerprint density at radius 3 is 2.38 bits per heavy atom. The second-order valence-corrected chi connectivity index (χ2v) is 7.84. The molecule has 0 spiro atoms. The molecule has 0 aromatic carbocycles. The lowest BCUT2D eigenvalue weighted by Gasteiger charge is -2.36. The number of hydrogen-bond donors (Lipinski definition) is 1. The zero-order valence-electron chi connectivity index (χ0n) is 15.0. The molecule has 0 bridgehead atoms. The Balaban J connectivity index is 2.61. The Morgan fingerprint density at radius 1 is 1.24 bits per heavy atom. The first-order valence-corrected chi connectivity index (χ1v) is 8.12. The molecule has 1 atom stereocenters. The van der Waals surface area contributed by atoms with E-state index in [2.05, 4.69) is 57.9 Å². The number of aryl methyl sites for hydroxylation is 1. The normalized spacial score (nSPS) is 15.4. The zero-order chi connectivity index (χ0) is 16.1. The summed E-state index contributed by atoms with van der Waals surface area (Å²) in [6, 6.07) is 2.08. The van der Waals surface area contributed by atoms with E-state index in [0.717, 1.165) is 25.4 Å². The smallest absolute Gasteiger partial charge is 0.105 e. The van der Waals surface area contributed by atoms with Crippen molar-refractivity contribution in [2.24, 2.45) is 5.41 Å². The summed E-state index contributed by atoms with van der Waals surface area (Å²) in [5, 5.41) is 3.68. The molecule has 0 fully saturated rings. The van der Waals surface area contributed by atoms with Gasteiger partial charge in [0.1, 0.15) is 5.76 Å². The van der Waals surface area contributed by atoms with Gasteiger partial charge >= 0.3 is 0 Å². The number of nitrogens with zero attached hydrogens (tertiary/aromatic N) is 1. The lowest BCUT2D eigenvalue weighted by atomic mass is 9.84. The molecule has 1 unspecified atom stereocenters. The van der Waals surface area contributed by atoms with E-state index in [4.69, 9.17) is 4.42 Å². The molecule has 122 valence electrons. The van der Waals surface area contributed by atoms with E-state index in [-0.39, 0.29) is 5.54 Å². The molecule has 21 heavy (non-hydrogen) atoms. The third kappa shape index (κ3) is 6.66. The highest BCUT2D eigenvalue weighted by molar-refractivity contribution is 5.15. The molecule has 1 heterocycles. The van der Waals surface area contributed by atoms with Crippen molar-refractivity contribution in [2.75, 3.05) is 20.1 Å². The summed E-state index contributed by atoms with van der Waals surface area (Å²) in [6.07, 6.45) is 4.25. The van der Waals surface area contributed by atoms with Crippen LogP contribution >= 0.6 is 0 Å². The third-order valence-electron chi connectivity index (χ3n) is 3.96. The zero-order valence-corrected chi connectivity index (χ0v) is 15.0. The lowest BCUT2D eigenvalue weighted by Crippen LogP contribution is -2.46.